The Morgan fingerprint density at radius 1 is 1.24 bits per heavy atom. The van der Waals surface area contributed by atoms with Crippen LogP contribution < -0.4 is 5.73 Å². The van der Waals surface area contributed by atoms with Gasteiger partial charge in [0.1, 0.15) is 6.04 Å². The molecule has 9 nitrogen and oxygen atoms in total. The van der Waals surface area contributed by atoms with Crippen LogP contribution in [-0.2, 0) is 19.2 Å². The van der Waals surface area contributed by atoms with E-state index in [0.717, 1.165) is 0 Å². The van der Waals surface area contributed by atoms with Gasteiger partial charge in [-0.1, -0.05) is 0 Å². The second-order valence-corrected chi connectivity index (χ2v) is 3.16. The van der Waals surface area contributed by atoms with E-state index in [-0.39, 0.29) is 13.2 Å². The van der Waals surface area contributed by atoms with E-state index in [0.29, 0.717) is 12.8 Å². The topological polar surface area (TPSA) is 143 Å². The maximum absolute atomic E-state index is 11.1. The summed E-state index contributed by atoms with van der Waals surface area (Å²) in [7, 11) is 0. The molecule has 5 N–H and O–H groups in total. The van der Waals surface area contributed by atoms with E-state index >= 15 is 0 Å². The predicted octanol–water partition coefficient (Wildman–Crippen LogP) is -0.876. The molecule has 9 heteroatoms. The number of hydrogen-bond acceptors (Lipinski definition) is 8. The molecule has 0 amide bonds. The molecule has 0 radical (unpaired) electrons. The normalized spacial score (nSPS) is 12.5. The van der Waals surface area contributed by atoms with E-state index in [9.17, 15) is 9.59 Å². The van der Waals surface area contributed by atoms with Crippen LogP contribution in [0.4, 0.5) is 0 Å². The summed E-state index contributed by atoms with van der Waals surface area (Å²) < 4.78 is 4.69. The first-order valence-corrected chi connectivity index (χ1v) is 4.88. The summed E-state index contributed by atoms with van der Waals surface area (Å²) in [5.41, 5.74) is 5.25. The summed E-state index contributed by atoms with van der Waals surface area (Å²) in [6.45, 7) is 0.109. The molecular formula is C8H16N2O7. The number of unbranched alkanes of at least 4 members (excludes halogenated alkanes) is 1. The van der Waals surface area contributed by atoms with Gasteiger partial charge in [-0.05, 0) is 12.8 Å². The number of carbonyl (C=O) groups excluding carboxylic acids is 1. The molecule has 0 aliphatic rings. The van der Waals surface area contributed by atoms with Crippen LogP contribution in [0.25, 0.3) is 0 Å². The Balaban J connectivity index is 3.48. The molecule has 0 heterocycles. The second-order valence-electron chi connectivity index (χ2n) is 3.16. The average Bonchev–Trinajstić information content (AvgIpc) is 2.21. The SMILES string of the molecule is NC(CC(=O)O)C(=O)OCCCCON(O)O. The molecule has 1 atom stereocenters. The van der Waals surface area contributed by atoms with E-state index in [1.165, 1.54) is 0 Å². The van der Waals surface area contributed by atoms with Crippen LogP contribution in [0.5, 0.6) is 0 Å². The molecular weight excluding hydrogens is 236 g/mol. The van der Waals surface area contributed by atoms with Crippen molar-refractivity contribution in [3.63, 3.8) is 0 Å². The maximum Gasteiger partial charge on any atom is 0.323 e. The molecule has 0 spiro atoms. The Morgan fingerprint density at radius 2 is 1.82 bits per heavy atom. The zero-order valence-corrected chi connectivity index (χ0v) is 9.11. The van der Waals surface area contributed by atoms with Gasteiger partial charge in [-0.2, -0.15) is 0 Å². The van der Waals surface area contributed by atoms with Crippen LogP contribution in [0.1, 0.15) is 19.3 Å². The number of carboxylic acids is 1. The fourth-order valence-electron chi connectivity index (χ4n) is 0.902. The van der Waals surface area contributed by atoms with Gasteiger partial charge in [0, 0.05) is 0 Å². The third-order valence-corrected chi connectivity index (χ3v) is 1.69. The minimum Gasteiger partial charge on any atom is -0.481 e. The molecule has 0 aliphatic carbocycles. The molecule has 0 rings (SSSR count). The number of esters is 1. The van der Waals surface area contributed by atoms with Crippen LogP contribution >= 0.6 is 0 Å². The standard InChI is InChI=1S/C8H16N2O7/c9-6(5-7(11)12)8(13)16-3-1-2-4-17-10(14)15/h6,14-15H,1-5,9H2,(H,11,12). The van der Waals surface area contributed by atoms with E-state index in [2.05, 4.69) is 4.84 Å². The first-order chi connectivity index (χ1) is 7.93. The minimum absolute atomic E-state index is 0.0474. The van der Waals surface area contributed by atoms with Gasteiger partial charge in [0.2, 0.25) is 0 Å². The van der Waals surface area contributed by atoms with Gasteiger partial charge >= 0.3 is 11.9 Å². The quantitative estimate of drug-likeness (QED) is 0.234. The van der Waals surface area contributed by atoms with Crippen molar-refractivity contribution in [1.82, 2.24) is 5.39 Å². The number of nitrogens with zero attached hydrogens (tertiary/aromatic N) is 1. The highest BCUT2D eigenvalue weighted by molar-refractivity contribution is 5.81. The van der Waals surface area contributed by atoms with E-state index < -0.39 is 29.8 Å². The largest absolute Gasteiger partial charge is 0.481 e. The lowest BCUT2D eigenvalue weighted by atomic mass is 10.2. The highest BCUT2D eigenvalue weighted by Gasteiger charge is 2.17. The molecule has 1 unspecified atom stereocenters. The fraction of sp³-hybridized carbons (Fsp3) is 0.750. The molecule has 0 aromatic carbocycles. The lowest BCUT2D eigenvalue weighted by Crippen LogP contribution is -2.34. The van der Waals surface area contributed by atoms with Gasteiger partial charge in [0.15, 0.2) is 0 Å². The second kappa shape index (κ2) is 8.84. The first kappa shape index (κ1) is 15.7. The third-order valence-electron chi connectivity index (χ3n) is 1.69. The zero-order chi connectivity index (χ0) is 13.3. The lowest BCUT2D eigenvalue weighted by molar-refractivity contribution is -0.492. The fourth-order valence-corrected chi connectivity index (χ4v) is 0.902. The molecule has 0 fully saturated rings. The third kappa shape index (κ3) is 9.66. The van der Waals surface area contributed by atoms with Crippen LogP contribution in [0.3, 0.4) is 0 Å². The average molecular weight is 252 g/mol. The van der Waals surface area contributed by atoms with Gasteiger partial charge in [-0.25, -0.2) is 0 Å². The van der Waals surface area contributed by atoms with Gasteiger partial charge < -0.3 is 15.6 Å². The van der Waals surface area contributed by atoms with Crippen molar-refractivity contribution in [3.8, 4) is 0 Å². The van der Waals surface area contributed by atoms with Crippen LogP contribution in [0.15, 0.2) is 0 Å². The van der Waals surface area contributed by atoms with E-state index in [1.54, 1.807) is 0 Å². The van der Waals surface area contributed by atoms with Crippen molar-refractivity contribution in [1.29, 1.82) is 0 Å². The van der Waals surface area contributed by atoms with Crippen molar-refractivity contribution in [2.24, 2.45) is 5.73 Å². The van der Waals surface area contributed by atoms with Crippen molar-refractivity contribution in [3.05, 3.63) is 0 Å². The van der Waals surface area contributed by atoms with E-state index in [4.69, 9.17) is 26.0 Å². The van der Waals surface area contributed by atoms with Crippen molar-refractivity contribution < 1.29 is 34.7 Å². The molecule has 100 valence electrons. The number of aliphatic carboxylic acids is 1. The Morgan fingerprint density at radius 3 is 2.35 bits per heavy atom. The van der Waals surface area contributed by atoms with Crippen LogP contribution in [0, 0.1) is 0 Å². The first-order valence-electron chi connectivity index (χ1n) is 4.88. The molecule has 17 heavy (non-hydrogen) atoms. The zero-order valence-electron chi connectivity index (χ0n) is 9.11. The number of nitrogens with two attached hydrogens (primary N) is 1. The maximum atomic E-state index is 11.1. The Hall–Kier alpha value is -1.26. The van der Waals surface area contributed by atoms with Gasteiger partial charge in [-0.15, -0.1) is 0 Å². The van der Waals surface area contributed by atoms with Crippen LogP contribution in [0.2, 0.25) is 0 Å². The van der Waals surface area contributed by atoms with Gasteiger partial charge in [-0.3, -0.25) is 24.8 Å². The molecule has 0 aliphatic heterocycles. The molecule has 0 aromatic rings. The molecule has 0 aromatic heterocycles. The van der Waals surface area contributed by atoms with E-state index in [1.807, 2.05) is 0 Å². The van der Waals surface area contributed by atoms with Crippen molar-refractivity contribution >= 4 is 11.9 Å². The predicted molar refractivity (Wildman–Crippen MR) is 51.8 cm³/mol. The minimum atomic E-state index is -1.17. The Kier molecular flexibility index (Phi) is 8.19. The summed E-state index contributed by atoms with van der Waals surface area (Å²) in [4.78, 5) is 25.6. The van der Waals surface area contributed by atoms with Gasteiger partial charge in [0.05, 0.1) is 25.0 Å². The number of rotatable bonds is 9. The summed E-state index contributed by atoms with van der Waals surface area (Å²) >= 11 is 0. The number of hydrogen-bond donors (Lipinski definition) is 4. The summed E-state index contributed by atoms with van der Waals surface area (Å²) in [5.74, 6) is -1.95. The van der Waals surface area contributed by atoms with Crippen molar-refractivity contribution in [2.45, 2.75) is 25.3 Å². The number of carbonyl (C=O) groups is 2. The number of ether oxygens (including phenoxy) is 1. The number of carboxylic acid groups (broad SMARTS) is 1. The van der Waals surface area contributed by atoms with Crippen molar-refractivity contribution in [2.75, 3.05) is 13.2 Å². The monoisotopic (exact) mass is 252 g/mol. The molecule has 0 saturated heterocycles. The van der Waals surface area contributed by atoms with Crippen LogP contribution in [-0.4, -0.2) is 52.1 Å². The Bertz CT molecular complexity index is 246. The smallest absolute Gasteiger partial charge is 0.323 e. The molecule has 0 bridgehead atoms. The van der Waals surface area contributed by atoms with Gasteiger partial charge in [0.25, 0.3) is 0 Å². The summed E-state index contributed by atoms with van der Waals surface area (Å²) in [6.07, 6.45) is 0.379. The highest BCUT2D eigenvalue weighted by atomic mass is 17.1. The lowest BCUT2D eigenvalue weighted by Gasteiger charge is -2.09. The summed E-state index contributed by atoms with van der Waals surface area (Å²) in [5, 5.41) is 24.3. The summed E-state index contributed by atoms with van der Waals surface area (Å²) in [6, 6.07) is -1.17. The molecule has 0 saturated carbocycles. The Labute approximate surface area is 97.2 Å². The highest BCUT2D eigenvalue weighted by Crippen LogP contribution is 1.96.